The number of nitrogens with one attached hydrogen (secondary N) is 2. The van der Waals surface area contributed by atoms with Gasteiger partial charge in [0.1, 0.15) is 6.17 Å². The Labute approximate surface area is 172 Å². The first-order chi connectivity index (χ1) is 13.7. The molecule has 158 valence electrons. The van der Waals surface area contributed by atoms with Gasteiger partial charge in [0.05, 0.1) is 5.25 Å². The van der Waals surface area contributed by atoms with Gasteiger partial charge in [-0.15, -0.1) is 0 Å². The van der Waals surface area contributed by atoms with Crippen molar-refractivity contribution in [3.8, 4) is 11.1 Å². The maximum Gasteiger partial charge on any atom is 0.219 e. The first kappa shape index (κ1) is 23.0. The Hall–Kier alpha value is -2.25. The molecule has 29 heavy (non-hydrogen) atoms. The third-order valence-electron chi connectivity index (χ3n) is 4.70. The summed E-state index contributed by atoms with van der Waals surface area (Å²) >= 11 is 0. The molecule has 2 N–H and O–H groups in total. The lowest BCUT2D eigenvalue weighted by Crippen LogP contribution is -2.33. The Morgan fingerprint density at radius 2 is 1.55 bits per heavy atom. The molecule has 0 bridgehead atoms. The molecule has 0 saturated heterocycles. The van der Waals surface area contributed by atoms with Crippen LogP contribution in [-0.2, 0) is 21.2 Å². The summed E-state index contributed by atoms with van der Waals surface area (Å²) in [6.07, 6.45) is -0.155. The smallest absolute Gasteiger partial charge is 0.219 e. The SMILES string of the molecule is CCC(=O)NCCc1ccc(-c2ccc(C(F)CNS(=O)(=O)C(C)C)cc2)cc1. The maximum absolute atomic E-state index is 14.4. The summed E-state index contributed by atoms with van der Waals surface area (Å²) in [5.41, 5.74) is 3.52. The van der Waals surface area contributed by atoms with Crippen LogP contribution in [0.3, 0.4) is 0 Å². The molecule has 0 spiro atoms. The van der Waals surface area contributed by atoms with Gasteiger partial charge in [-0.05, 0) is 42.5 Å². The number of carbonyl (C=O) groups is 1. The van der Waals surface area contributed by atoms with Gasteiger partial charge in [0.15, 0.2) is 0 Å². The molecular weight excluding hydrogens is 391 g/mol. The number of halogens is 1. The molecule has 2 aromatic rings. The Morgan fingerprint density at radius 1 is 1.00 bits per heavy atom. The molecule has 0 aromatic heterocycles. The minimum absolute atomic E-state index is 0.0462. The number of benzene rings is 2. The molecule has 0 saturated carbocycles. The van der Waals surface area contributed by atoms with Gasteiger partial charge in [-0.1, -0.05) is 55.5 Å². The molecule has 5 nitrogen and oxygen atoms in total. The fourth-order valence-electron chi connectivity index (χ4n) is 2.69. The van der Waals surface area contributed by atoms with E-state index >= 15 is 0 Å². The van der Waals surface area contributed by atoms with Crippen LogP contribution in [0.5, 0.6) is 0 Å². The Balaban J connectivity index is 1.94. The van der Waals surface area contributed by atoms with E-state index in [-0.39, 0.29) is 12.5 Å². The molecule has 1 unspecified atom stereocenters. The fraction of sp³-hybridized carbons (Fsp3) is 0.409. The molecule has 0 heterocycles. The molecule has 2 rings (SSSR count). The summed E-state index contributed by atoms with van der Waals surface area (Å²) in [5, 5.41) is 2.26. The van der Waals surface area contributed by atoms with E-state index in [0.717, 1.165) is 23.1 Å². The van der Waals surface area contributed by atoms with Crippen LogP contribution in [0.1, 0.15) is 44.5 Å². The number of rotatable bonds is 10. The molecule has 1 amide bonds. The van der Waals surface area contributed by atoms with E-state index in [1.807, 2.05) is 43.3 Å². The average molecular weight is 421 g/mol. The highest BCUT2D eigenvalue weighted by atomic mass is 32.2. The summed E-state index contributed by atoms with van der Waals surface area (Å²) in [4.78, 5) is 11.3. The van der Waals surface area contributed by atoms with E-state index in [0.29, 0.717) is 18.5 Å². The van der Waals surface area contributed by atoms with E-state index < -0.39 is 21.4 Å². The predicted octanol–water partition coefficient (Wildman–Crippen LogP) is 3.76. The van der Waals surface area contributed by atoms with Gasteiger partial charge in [-0.3, -0.25) is 4.79 Å². The molecule has 7 heteroatoms. The van der Waals surface area contributed by atoms with Crippen molar-refractivity contribution in [2.75, 3.05) is 13.1 Å². The molecule has 2 aromatic carbocycles. The van der Waals surface area contributed by atoms with E-state index in [4.69, 9.17) is 0 Å². The van der Waals surface area contributed by atoms with Crippen LogP contribution in [-0.4, -0.2) is 32.7 Å². The Morgan fingerprint density at radius 3 is 2.07 bits per heavy atom. The van der Waals surface area contributed by atoms with Crippen LogP contribution in [0, 0.1) is 0 Å². The van der Waals surface area contributed by atoms with Crippen LogP contribution in [0.4, 0.5) is 4.39 Å². The average Bonchev–Trinajstić information content (AvgIpc) is 2.72. The van der Waals surface area contributed by atoms with Crippen LogP contribution in [0.15, 0.2) is 48.5 Å². The van der Waals surface area contributed by atoms with Crippen molar-refractivity contribution < 1.29 is 17.6 Å². The largest absolute Gasteiger partial charge is 0.356 e. The molecule has 0 aliphatic rings. The predicted molar refractivity (Wildman–Crippen MR) is 115 cm³/mol. The highest BCUT2D eigenvalue weighted by Crippen LogP contribution is 2.24. The zero-order chi connectivity index (χ0) is 21.4. The monoisotopic (exact) mass is 420 g/mol. The van der Waals surface area contributed by atoms with Crippen molar-refractivity contribution in [1.82, 2.24) is 10.0 Å². The van der Waals surface area contributed by atoms with Crippen molar-refractivity contribution >= 4 is 15.9 Å². The zero-order valence-electron chi connectivity index (χ0n) is 17.1. The first-order valence-electron chi connectivity index (χ1n) is 9.81. The third-order valence-corrected chi connectivity index (χ3v) is 6.51. The summed E-state index contributed by atoms with van der Waals surface area (Å²) < 4.78 is 40.2. The number of carbonyl (C=O) groups excluding carboxylic acids is 1. The molecule has 1 atom stereocenters. The Kier molecular flexibility index (Phi) is 8.34. The van der Waals surface area contributed by atoms with Gasteiger partial charge < -0.3 is 5.32 Å². The highest BCUT2D eigenvalue weighted by Gasteiger charge is 2.18. The molecule has 0 fully saturated rings. The van der Waals surface area contributed by atoms with Crippen molar-refractivity contribution in [2.45, 2.75) is 45.0 Å². The number of amides is 1. The lowest BCUT2D eigenvalue weighted by Gasteiger charge is -2.13. The van der Waals surface area contributed by atoms with Gasteiger partial charge in [0.2, 0.25) is 15.9 Å². The maximum atomic E-state index is 14.4. The van der Waals surface area contributed by atoms with Crippen LogP contribution < -0.4 is 10.0 Å². The summed E-state index contributed by atoms with van der Waals surface area (Å²) in [5.74, 6) is 0.0462. The van der Waals surface area contributed by atoms with Crippen molar-refractivity contribution in [1.29, 1.82) is 0 Å². The normalized spacial score (nSPS) is 12.7. The quantitative estimate of drug-likeness (QED) is 0.615. The lowest BCUT2D eigenvalue weighted by atomic mass is 10.0. The van der Waals surface area contributed by atoms with Crippen molar-refractivity contribution in [3.63, 3.8) is 0 Å². The minimum atomic E-state index is -3.48. The van der Waals surface area contributed by atoms with Gasteiger partial charge in [-0.2, -0.15) is 0 Å². The molecule has 0 radical (unpaired) electrons. The second-order valence-electron chi connectivity index (χ2n) is 7.18. The van der Waals surface area contributed by atoms with Crippen LogP contribution in [0.25, 0.3) is 11.1 Å². The van der Waals surface area contributed by atoms with E-state index in [9.17, 15) is 17.6 Å². The third kappa shape index (κ3) is 6.94. The van der Waals surface area contributed by atoms with Gasteiger partial charge >= 0.3 is 0 Å². The number of hydrogen-bond donors (Lipinski definition) is 2. The van der Waals surface area contributed by atoms with E-state index in [1.54, 1.807) is 26.0 Å². The number of alkyl halides is 1. The van der Waals surface area contributed by atoms with Crippen LogP contribution >= 0.6 is 0 Å². The second kappa shape index (κ2) is 10.5. The van der Waals surface area contributed by atoms with Crippen molar-refractivity contribution in [3.05, 3.63) is 59.7 Å². The summed E-state index contributed by atoms with van der Waals surface area (Å²) in [6.45, 7) is 5.26. The fourth-order valence-corrected chi connectivity index (χ4v) is 3.41. The van der Waals surface area contributed by atoms with Gasteiger partial charge in [0.25, 0.3) is 0 Å². The van der Waals surface area contributed by atoms with Crippen molar-refractivity contribution in [2.24, 2.45) is 0 Å². The molecule has 0 aliphatic heterocycles. The van der Waals surface area contributed by atoms with E-state index in [2.05, 4.69) is 10.0 Å². The summed E-state index contributed by atoms with van der Waals surface area (Å²) in [6, 6.07) is 15.0. The topological polar surface area (TPSA) is 75.3 Å². The molecular formula is C22H29FN2O3S. The lowest BCUT2D eigenvalue weighted by molar-refractivity contribution is -0.120. The summed E-state index contributed by atoms with van der Waals surface area (Å²) in [7, 11) is -3.48. The first-order valence-corrected chi connectivity index (χ1v) is 11.4. The zero-order valence-corrected chi connectivity index (χ0v) is 17.9. The number of sulfonamides is 1. The van der Waals surface area contributed by atoms with Gasteiger partial charge in [0, 0.05) is 19.5 Å². The highest BCUT2D eigenvalue weighted by molar-refractivity contribution is 7.90. The standard InChI is InChI=1S/C22H29FN2O3S/c1-4-22(26)24-14-13-17-5-7-18(8-6-17)19-9-11-20(12-10-19)21(23)15-25-29(27,28)16(2)3/h5-12,16,21,25H,4,13-15H2,1-3H3,(H,24,26). The number of hydrogen-bond acceptors (Lipinski definition) is 3. The van der Waals surface area contributed by atoms with Gasteiger partial charge in [-0.25, -0.2) is 17.5 Å². The Bertz CT molecular complexity index is 895. The van der Waals surface area contributed by atoms with Crippen LogP contribution in [0.2, 0.25) is 0 Å². The second-order valence-corrected chi connectivity index (χ2v) is 9.50. The van der Waals surface area contributed by atoms with E-state index in [1.165, 1.54) is 0 Å². The molecule has 0 aliphatic carbocycles. The minimum Gasteiger partial charge on any atom is -0.356 e.